The van der Waals surface area contributed by atoms with Crippen molar-refractivity contribution in [2.75, 3.05) is 20.2 Å². The fraction of sp³-hybridized carbons (Fsp3) is 0.350. The number of carbonyl (C=O) groups is 1. The number of piperidine rings is 1. The Kier molecular flexibility index (Phi) is 4.56. The molecule has 1 atom stereocenters. The van der Waals surface area contributed by atoms with Crippen molar-refractivity contribution < 1.29 is 9.53 Å². The van der Waals surface area contributed by atoms with Crippen LogP contribution in [-0.2, 0) is 11.2 Å². The predicted octanol–water partition coefficient (Wildman–Crippen LogP) is 2.92. The number of likely N-dealkylation sites (tertiary alicyclic amines) is 1. The van der Waals surface area contributed by atoms with Gasteiger partial charge in [0.1, 0.15) is 5.75 Å². The SMILES string of the molecule is COc1cccc(CC(=O)N2CCC[C@@H](c3ccc4cn[nH]c4n3)C2)c1. The van der Waals surface area contributed by atoms with Crippen LogP contribution in [0.4, 0.5) is 0 Å². The van der Waals surface area contributed by atoms with Crippen molar-refractivity contribution >= 4 is 16.9 Å². The second kappa shape index (κ2) is 7.15. The molecule has 0 saturated carbocycles. The summed E-state index contributed by atoms with van der Waals surface area (Å²) in [4.78, 5) is 19.4. The lowest BCUT2D eigenvalue weighted by Crippen LogP contribution is -2.40. The molecular formula is C20H22N4O2. The third-order valence-electron chi connectivity index (χ3n) is 5.00. The normalized spacial score (nSPS) is 17.4. The molecule has 0 radical (unpaired) electrons. The fourth-order valence-electron chi connectivity index (χ4n) is 3.58. The van der Waals surface area contributed by atoms with Gasteiger partial charge in [0.25, 0.3) is 0 Å². The molecule has 3 aromatic rings. The second-order valence-electron chi connectivity index (χ2n) is 6.75. The highest BCUT2D eigenvalue weighted by Crippen LogP contribution is 2.27. The third kappa shape index (κ3) is 3.40. The third-order valence-corrected chi connectivity index (χ3v) is 5.00. The quantitative estimate of drug-likeness (QED) is 0.785. The van der Waals surface area contributed by atoms with E-state index in [4.69, 9.17) is 4.74 Å². The van der Waals surface area contributed by atoms with Crippen LogP contribution in [0.3, 0.4) is 0 Å². The van der Waals surface area contributed by atoms with E-state index in [9.17, 15) is 4.79 Å². The minimum absolute atomic E-state index is 0.158. The van der Waals surface area contributed by atoms with Crippen LogP contribution in [0.25, 0.3) is 11.0 Å². The topological polar surface area (TPSA) is 71.1 Å². The molecule has 0 unspecified atom stereocenters. The highest BCUT2D eigenvalue weighted by molar-refractivity contribution is 5.79. The number of amides is 1. The molecule has 0 bridgehead atoms. The van der Waals surface area contributed by atoms with Crippen LogP contribution in [0, 0.1) is 0 Å². The Morgan fingerprint density at radius 1 is 1.35 bits per heavy atom. The highest BCUT2D eigenvalue weighted by Gasteiger charge is 2.26. The number of aromatic amines is 1. The first-order valence-electron chi connectivity index (χ1n) is 8.93. The van der Waals surface area contributed by atoms with Crippen molar-refractivity contribution in [3.63, 3.8) is 0 Å². The van der Waals surface area contributed by atoms with Crippen molar-refractivity contribution in [2.24, 2.45) is 0 Å². The van der Waals surface area contributed by atoms with Gasteiger partial charge in [0.2, 0.25) is 5.91 Å². The number of hydrogen-bond donors (Lipinski definition) is 1. The standard InChI is InChI=1S/C20H22N4O2/c1-26-17-6-2-4-14(10-17)11-19(25)24-9-3-5-16(13-24)18-8-7-15-12-21-23-20(15)22-18/h2,4,6-8,10,12,16H,3,5,9,11,13H2,1H3,(H,21,22,23)/t16-/m1/s1. The van der Waals surface area contributed by atoms with Crippen LogP contribution in [0.5, 0.6) is 5.75 Å². The van der Waals surface area contributed by atoms with Crippen LogP contribution in [-0.4, -0.2) is 46.2 Å². The van der Waals surface area contributed by atoms with E-state index < -0.39 is 0 Å². The molecule has 6 nitrogen and oxygen atoms in total. The van der Waals surface area contributed by atoms with Gasteiger partial charge in [0.15, 0.2) is 5.65 Å². The zero-order valence-electron chi connectivity index (χ0n) is 14.8. The van der Waals surface area contributed by atoms with Gasteiger partial charge < -0.3 is 9.64 Å². The first-order chi connectivity index (χ1) is 12.7. The largest absolute Gasteiger partial charge is 0.497 e. The highest BCUT2D eigenvalue weighted by atomic mass is 16.5. The summed E-state index contributed by atoms with van der Waals surface area (Å²) in [6.07, 6.45) is 4.22. The number of methoxy groups -OCH3 is 1. The van der Waals surface area contributed by atoms with Gasteiger partial charge in [0, 0.05) is 30.1 Å². The lowest BCUT2D eigenvalue weighted by molar-refractivity contribution is -0.131. The van der Waals surface area contributed by atoms with Gasteiger partial charge in [-0.2, -0.15) is 5.10 Å². The molecule has 1 amide bonds. The molecule has 0 spiro atoms. The molecule has 0 aliphatic carbocycles. The Labute approximate surface area is 152 Å². The second-order valence-corrected chi connectivity index (χ2v) is 6.75. The monoisotopic (exact) mass is 350 g/mol. The van der Waals surface area contributed by atoms with E-state index in [2.05, 4.69) is 21.2 Å². The van der Waals surface area contributed by atoms with Crippen molar-refractivity contribution in [1.82, 2.24) is 20.1 Å². The number of H-pyrrole nitrogens is 1. The van der Waals surface area contributed by atoms with Crippen molar-refractivity contribution in [2.45, 2.75) is 25.2 Å². The number of nitrogens with zero attached hydrogens (tertiary/aromatic N) is 3. The Hall–Kier alpha value is -2.89. The Morgan fingerprint density at radius 2 is 2.27 bits per heavy atom. The lowest BCUT2D eigenvalue weighted by atomic mass is 9.93. The number of nitrogens with one attached hydrogen (secondary N) is 1. The zero-order chi connectivity index (χ0) is 17.9. The maximum atomic E-state index is 12.8. The summed E-state index contributed by atoms with van der Waals surface area (Å²) in [7, 11) is 1.64. The molecule has 1 N–H and O–H groups in total. The molecule has 4 rings (SSSR count). The van der Waals surface area contributed by atoms with E-state index in [0.717, 1.165) is 54.0 Å². The number of ether oxygens (including phenoxy) is 1. The van der Waals surface area contributed by atoms with Gasteiger partial charge >= 0.3 is 0 Å². The van der Waals surface area contributed by atoms with Gasteiger partial charge in [-0.1, -0.05) is 12.1 Å². The molecule has 1 saturated heterocycles. The maximum Gasteiger partial charge on any atom is 0.227 e. The summed E-state index contributed by atoms with van der Waals surface area (Å²) in [5.41, 5.74) is 2.82. The molecule has 26 heavy (non-hydrogen) atoms. The van der Waals surface area contributed by atoms with Crippen molar-refractivity contribution in [3.8, 4) is 5.75 Å². The smallest absolute Gasteiger partial charge is 0.227 e. The number of hydrogen-bond acceptors (Lipinski definition) is 4. The first-order valence-corrected chi connectivity index (χ1v) is 8.93. The number of fused-ring (bicyclic) bond motifs is 1. The zero-order valence-corrected chi connectivity index (χ0v) is 14.8. The lowest BCUT2D eigenvalue weighted by Gasteiger charge is -2.32. The molecule has 3 heterocycles. The van der Waals surface area contributed by atoms with E-state index >= 15 is 0 Å². The molecule has 2 aromatic heterocycles. The van der Waals surface area contributed by atoms with E-state index in [1.807, 2.05) is 35.2 Å². The van der Waals surface area contributed by atoms with Gasteiger partial charge in [0.05, 0.1) is 19.7 Å². The van der Waals surface area contributed by atoms with E-state index in [-0.39, 0.29) is 11.8 Å². The summed E-state index contributed by atoms with van der Waals surface area (Å²) in [6.45, 7) is 1.53. The van der Waals surface area contributed by atoms with Gasteiger partial charge in [-0.25, -0.2) is 4.98 Å². The Morgan fingerprint density at radius 3 is 3.15 bits per heavy atom. The summed E-state index contributed by atoms with van der Waals surface area (Å²) in [6, 6.07) is 11.8. The van der Waals surface area contributed by atoms with Crippen LogP contribution in [0.2, 0.25) is 0 Å². The molecule has 134 valence electrons. The Balaban J connectivity index is 1.46. The molecule has 6 heteroatoms. The molecule has 1 aromatic carbocycles. The van der Waals surface area contributed by atoms with E-state index in [0.29, 0.717) is 6.42 Å². The number of pyridine rings is 1. The van der Waals surface area contributed by atoms with Crippen molar-refractivity contribution in [3.05, 3.63) is 53.9 Å². The predicted molar refractivity (Wildman–Crippen MR) is 99.1 cm³/mol. The Bertz CT molecular complexity index is 921. The molecule has 1 aliphatic heterocycles. The van der Waals surface area contributed by atoms with E-state index in [1.54, 1.807) is 13.3 Å². The fourth-order valence-corrected chi connectivity index (χ4v) is 3.58. The average molecular weight is 350 g/mol. The summed E-state index contributed by atoms with van der Waals surface area (Å²) in [5.74, 6) is 1.21. The van der Waals surface area contributed by atoms with Crippen LogP contribution < -0.4 is 4.74 Å². The number of aromatic nitrogens is 3. The van der Waals surface area contributed by atoms with Crippen LogP contribution >= 0.6 is 0 Å². The molecule has 1 aliphatic rings. The summed E-state index contributed by atoms with van der Waals surface area (Å²) in [5, 5.41) is 7.96. The molecular weight excluding hydrogens is 328 g/mol. The number of rotatable bonds is 4. The van der Waals surface area contributed by atoms with Crippen molar-refractivity contribution in [1.29, 1.82) is 0 Å². The minimum Gasteiger partial charge on any atom is -0.497 e. The van der Waals surface area contributed by atoms with E-state index in [1.165, 1.54) is 0 Å². The number of carbonyl (C=O) groups excluding carboxylic acids is 1. The van der Waals surface area contributed by atoms with Gasteiger partial charge in [-0.3, -0.25) is 9.89 Å². The summed E-state index contributed by atoms with van der Waals surface area (Å²) < 4.78 is 5.24. The van der Waals surface area contributed by atoms with Crippen LogP contribution in [0.1, 0.15) is 30.0 Å². The van der Waals surface area contributed by atoms with Gasteiger partial charge in [-0.05, 0) is 42.7 Å². The molecule has 1 fully saturated rings. The first kappa shape index (κ1) is 16.6. The minimum atomic E-state index is 0.158. The number of benzene rings is 1. The van der Waals surface area contributed by atoms with Gasteiger partial charge in [-0.15, -0.1) is 0 Å². The van der Waals surface area contributed by atoms with Crippen LogP contribution in [0.15, 0.2) is 42.6 Å². The summed E-state index contributed by atoms with van der Waals surface area (Å²) >= 11 is 0. The maximum absolute atomic E-state index is 12.8. The average Bonchev–Trinajstić information content (AvgIpc) is 3.16.